The number of alkyl halides is 3. The second-order valence-electron chi connectivity index (χ2n) is 10.9. The number of carbonyl (C=O) groups excluding carboxylic acids is 2. The molecule has 44 heavy (non-hydrogen) atoms. The molecule has 1 atom stereocenters. The van der Waals surface area contributed by atoms with Gasteiger partial charge < -0.3 is 10.2 Å². The van der Waals surface area contributed by atoms with Crippen LogP contribution >= 0.6 is 34.8 Å². The van der Waals surface area contributed by atoms with E-state index in [-0.39, 0.29) is 27.9 Å². The minimum absolute atomic E-state index is 0.111. The lowest BCUT2D eigenvalue weighted by Gasteiger charge is -2.35. The molecule has 0 aliphatic rings. The van der Waals surface area contributed by atoms with Crippen LogP contribution in [-0.4, -0.2) is 43.3 Å². The predicted molar refractivity (Wildman–Crippen MR) is 166 cm³/mol. The summed E-state index contributed by atoms with van der Waals surface area (Å²) in [5.41, 5.74) is -2.12. The van der Waals surface area contributed by atoms with Crippen LogP contribution in [0.4, 0.5) is 18.9 Å². The summed E-state index contributed by atoms with van der Waals surface area (Å²) in [6.07, 6.45) is -4.80. The Kier molecular flexibility index (Phi) is 11.3. The highest BCUT2D eigenvalue weighted by molar-refractivity contribution is 7.92. The lowest BCUT2D eigenvalue weighted by Crippen LogP contribution is -2.55. The average Bonchev–Trinajstić information content (AvgIpc) is 2.92. The van der Waals surface area contributed by atoms with Gasteiger partial charge in [0.1, 0.15) is 12.6 Å². The Hall–Kier alpha value is -2.99. The summed E-state index contributed by atoms with van der Waals surface area (Å²) in [5, 5.41) is 2.57. The van der Waals surface area contributed by atoms with Crippen molar-refractivity contribution in [2.24, 2.45) is 0 Å². The molecule has 0 saturated carbocycles. The maximum atomic E-state index is 14.2. The first kappa shape index (κ1) is 35.5. The number of hydrogen-bond donors (Lipinski definition) is 1. The molecule has 0 heterocycles. The summed E-state index contributed by atoms with van der Waals surface area (Å²) < 4.78 is 69.7. The van der Waals surface area contributed by atoms with Crippen molar-refractivity contribution >= 4 is 62.3 Å². The molecule has 1 N–H and O–H groups in total. The van der Waals surface area contributed by atoms with Gasteiger partial charge in [-0.1, -0.05) is 66.0 Å². The van der Waals surface area contributed by atoms with E-state index in [0.717, 1.165) is 17.0 Å². The first-order chi connectivity index (χ1) is 20.4. The topological polar surface area (TPSA) is 86.8 Å². The van der Waals surface area contributed by atoms with Gasteiger partial charge in [-0.05, 0) is 69.7 Å². The molecule has 238 valence electrons. The second-order valence-corrected chi connectivity index (χ2v) is 14.0. The molecule has 1 unspecified atom stereocenters. The van der Waals surface area contributed by atoms with Gasteiger partial charge >= 0.3 is 6.18 Å². The van der Waals surface area contributed by atoms with Crippen molar-refractivity contribution in [3.63, 3.8) is 0 Å². The summed E-state index contributed by atoms with van der Waals surface area (Å²) in [6.45, 7) is 5.66. The van der Waals surface area contributed by atoms with E-state index in [1.54, 1.807) is 52.0 Å². The van der Waals surface area contributed by atoms with Crippen LogP contribution in [0.15, 0.2) is 71.6 Å². The lowest BCUT2D eigenvalue weighted by molar-refractivity contribution is -0.141. The molecule has 2 amide bonds. The van der Waals surface area contributed by atoms with Crippen LogP contribution < -0.4 is 9.62 Å². The van der Waals surface area contributed by atoms with Crippen molar-refractivity contribution < 1.29 is 31.2 Å². The first-order valence-electron chi connectivity index (χ1n) is 13.4. The first-order valence-corrected chi connectivity index (χ1v) is 15.9. The van der Waals surface area contributed by atoms with Gasteiger partial charge in [-0.15, -0.1) is 0 Å². The maximum Gasteiger partial charge on any atom is 0.417 e. The van der Waals surface area contributed by atoms with Crippen molar-refractivity contribution in [1.29, 1.82) is 0 Å². The molecule has 0 spiro atoms. The van der Waals surface area contributed by atoms with Crippen molar-refractivity contribution in [2.45, 2.75) is 63.3 Å². The Balaban J connectivity index is 2.19. The molecule has 7 nitrogen and oxygen atoms in total. The van der Waals surface area contributed by atoms with Crippen LogP contribution in [0.1, 0.15) is 45.2 Å². The fourth-order valence-electron chi connectivity index (χ4n) is 4.36. The fourth-order valence-corrected chi connectivity index (χ4v) is 6.53. The maximum absolute atomic E-state index is 14.2. The van der Waals surface area contributed by atoms with E-state index in [2.05, 4.69) is 5.32 Å². The number of hydrogen-bond acceptors (Lipinski definition) is 4. The number of rotatable bonds is 10. The number of sulfonamides is 1. The number of benzene rings is 3. The van der Waals surface area contributed by atoms with Crippen molar-refractivity contribution in [1.82, 2.24) is 10.2 Å². The van der Waals surface area contributed by atoms with E-state index in [4.69, 9.17) is 34.8 Å². The highest BCUT2D eigenvalue weighted by Gasteiger charge is 2.38. The van der Waals surface area contributed by atoms with Gasteiger partial charge in [0.05, 0.1) is 21.2 Å². The van der Waals surface area contributed by atoms with Crippen molar-refractivity contribution in [3.8, 4) is 0 Å². The fraction of sp³-hybridized carbons (Fsp3) is 0.333. The van der Waals surface area contributed by atoms with Crippen LogP contribution in [0, 0.1) is 0 Å². The monoisotopic (exact) mass is 691 g/mol. The predicted octanol–water partition coefficient (Wildman–Crippen LogP) is 7.58. The van der Waals surface area contributed by atoms with Gasteiger partial charge in [-0.3, -0.25) is 13.9 Å². The van der Waals surface area contributed by atoms with E-state index in [1.807, 2.05) is 0 Å². The van der Waals surface area contributed by atoms with Gasteiger partial charge in [0.2, 0.25) is 11.8 Å². The van der Waals surface area contributed by atoms with E-state index in [9.17, 15) is 31.2 Å². The van der Waals surface area contributed by atoms with Crippen LogP contribution in [0.25, 0.3) is 0 Å². The number of halogens is 6. The minimum atomic E-state index is -4.91. The molecule has 0 aliphatic carbocycles. The van der Waals surface area contributed by atoms with Gasteiger partial charge in [0.25, 0.3) is 10.0 Å². The molecule has 0 fully saturated rings. The van der Waals surface area contributed by atoms with Crippen molar-refractivity contribution in [2.75, 3.05) is 10.8 Å². The number of amides is 2. The Bertz CT molecular complexity index is 1590. The molecule has 0 radical (unpaired) electrons. The Labute approximate surface area is 269 Å². The third-order valence-electron chi connectivity index (χ3n) is 6.43. The van der Waals surface area contributed by atoms with E-state index in [1.165, 1.54) is 24.3 Å². The van der Waals surface area contributed by atoms with Gasteiger partial charge in [-0.25, -0.2) is 8.42 Å². The Morgan fingerprint density at radius 3 is 2.00 bits per heavy atom. The lowest BCUT2D eigenvalue weighted by atomic mass is 10.1. The molecule has 0 saturated heterocycles. The molecule has 0 bridgehead atoms. The summed E-state index contributed by atoms with van der Waals surface area (Å²) in [5.74, 6) is -1.42. The molecule has 3 rings (SSSR count). The second kappa shape index (κ2) is 14.0. The highest BCUT2D eigenvalue weighted by atomic mass is 35.5. The largest absolute Gasteiger partial charge is 0.417 e. The minimum Gasteiger partial charge on any atom is -0.350 e. The van der Waals surface area contributed by atoms with Crippen LogP contribution in [0.2, 0.25) is 15.1 Å². The zero-order valence-electron chi connectivity index (χ0n) is 24.3. The molecular weight excluding hydrogens is 662 g/mol. The summed E-state index contributed by atoms with van der Waals surface area (Å²) in [6, 6.07) is 13.0. The molecule has 3 aromatic rings. The molecule has 0 aromatic heterocycles. The highest BCUT2D eigenvalue weighted by Crippen LogP contribution is 2.38. The number of carbonyl (C=O) groups is 2. The number of nitrogens with one attached hydrogen (secondary N) is 1. The Morgan fingerprint density at radius 2 is 1.48 bits per heavy atom. The molecule has 0 aliphatic heterocycles. The smallest absolute Gasteiger partial charge is 0.350 e. The quantitative estimate of drug-likeness (QED) is 0.237. The van der Waals surface area contributed by atoms with Gasteiger partial charge in [0, 0.05) is 27.7 Å². The molecular formula is C30H31Cl3F3N3O4S. The standard InChI is InChI=1S/C30H31Cl3F3N3O4S/c1-5-26(28(41)37-29(2,3)4)38(17-21-23(31)12-9-13-24(21)32)27(40)18-39(44(42,43)20-10-7-6-8-11-20)19-14-15-25(33)22(16-19)30(34,35)36/h6-16,26H,5,17-18H2,1-4H3,(H,37,41). The zero-order valence-corrected chi connectivity index (χ0v) is 27.3. The third kappa shape index (κ3) is 8.59. The average molecular weight is 693 g/mol. The summed E-state index contributed by atoms with van der Waals surface area (Å²) in [7, 11) is -4.61. The van der Waals surface area contributed by atoms with Gasteiger partial charge in [-0.2, -0.15) is 13.2 Å². The van der Waals surface area contributed by atoms with E-state index >= 15 is 0 Å². The zero-order chi connectivity index (χ0) is 33.0. The SMILES string of the molecule is CCC(C(=O)NC(C)(C)C)N(Cc1c(Cl)cccc1Cl)C(=O)CN(c1ccc(Cl)c(C(F)(F)F)c1)S(=O)(=O)c1ccccc1. The molecule has 14 heteroatoms. The van der Waals surface area contributed by atoms with Gasteiger partial charge in [0.15, 0.2) is 0 Å². The number of anilines is 1. The normalized spacial score (nSPS) is 12.9. The van der Waals surface area contributed by atoms with Crippen LogP contribution in [-0.2, 0) is 32.3 Å². The van der Waals surface area contributed by atoms with E-state index in [0.29, 0.717) is 15.9 Å². The van der Waals surface area contributed by atoms with Crippen LogP contribution in [0.5, 0.6) is 0 Å². The summed E-state index contributed by atoms with van der Waals surface area (Å²) >= 11 is 18.6. The van der Waals surface area contributed by atoms with Crippen LogP contribution in [0.3, 0.4) is 0 Å². The Morgan fingerprint density at radius 1 is 0.886 bits per heavy atom. The molecule has 3 aromatic carbocycles. The summed E-state index contributed by atoms with van der Waals surface area (Å²) in [4.78, 5) is 28.4. The number of nitrogens with zero attached hydrogens (tertiary/aromatic N) is 2. The van der Waals surface area contributed by atoms with Crippen molar-refractivity contribution in [3.05, 3.63) is 92.9 Å². The van der Waals surface area contributed by atoms with E-state index < -0.39 is 62.4 Å². The third-order valence-corrected chi connectivity index (χ3v) is 9.25.